The van der Waals surface area contributed by atoms with Crippen LogP contribution in [0, 0.1) is 6.92 Å². The molecule has 1 amide bonds. The summed E-state index contributed by atoms with van der Waals surface area (Å²) < 4.78 is 0. The fraction of sp³-hybridized carbons (Fsp3) is 0.0909. The van der Waals surface area contributed by atoms with Crippen molar-refractivity contribution in [2.75, 3.05) is 5.32 Å². The molecule has 2 N–H and O–H groups in total. The van der Waals surface area contributed by atoms with Crippen molar-refractivity contribution in [3.8, 4) is 0 Å². The number of benzene rings is 1. The van der Waals surface area contributed by atoms with Gasteiger partial charge in [0.25, 0.3) is 0 Å². The molecule has 15 heavy (non-hydrogen) atoms. The molecule has 0 atom stereocenters. The number of anilines is 1. The van der Waals surface area contributed by atoms with E-state index in [1.165, 1.54) is 0 Å². The number of carbonyl (C=O) groups excluding carboxylic acids is 1. The van der Waals surface area contributed by atoms with Crippen LogP contribution in [0.4, 0.5) is 5.69 Å². The molecule has 2 aromatic rings. The molecular weight excluding hydrogens is 192 g/mol. The SMILES string of the molecule is Cc1cc(=O)[nH]c2cc(NC=O)ccc12. The van der Waals surface area contributed by atoms with Crippen molar-refractivity contribution >= 4 is 23.0 Å². The Morgan fingerprint density at radius 1 is 1.33 bits per heavy atom. The molecule has 76 valence electrons. The number of pyridine rings is 1. The van der Waals surface area contributed by atoms with E-state index in [2.05, 4.69) is 10.3 Å². The van der Waals surface area contributed by atoms with Gasteiger partial charge in [-0.1, -0.05) is 6.07 Å². The van der Waals surface area contributed by atoms with Crippen LogP contribution in [-0.4, -0.2) is 11.4 Å². The molecule has 0 bridgehead atoms. The molecule has 0 saturated carbocycles. The predicted molar refractivity (Wildman–Crippen MR) is 59.0 cm³/mol. The lowest BCUT2D eigenvalue weighted by atomic mass is 10.1. The lowest BCUT2D eigenvalue weighted by molar-refractivity contribution is -0.105. The quantitative estimate of drug-likeness (QED) is 0.723. The molecular formula is C11H10N2O2. The van der Waals surface area contributed by atoms with E-state index in [4.69, 9.17) is 0 Å². The van der Waals surface area contributed by atoms with Crippen LogP contribution in [0.3, 0.4) is 0 Å². The van der Waals surface area contributed by atoms with E-state index in [9.17, 15) is 9.59 Å². The third kappa shape index (κ3) is 1.74. The highest BCUT2D eigenvalue weighted by Crippen LogP contribution is 2.18. The summed E-state index contributed by atoms with van der Waals surface area (Å²) in [6.45, 7) is 1.88. The Labute approximate surface area is 85.9 Å². The number of H-pyrrole nitrogens is 1. The summed E-state index contributed by atoms with van der Waals surface area (Å²) in [6.07, 6.45) is 0.606. The zero-order chi connectivity index (χ0) is 10.8. The summed E-state index contributed by atoms with van der Waals surface area (Å²) in [7, 11) is 0. The lowest BCUT2D eigenvalue weighted by Gasteiger charge is -2.03. The van der Waals surface area contributed by atoms with Crippen LogP contribution in [-0.2, 0) is 4.79 Å². The summed E-state index contributed by atoms with van der Waals surface area (Å²) in [6, 6.07) is 6.95. The Bertz CT molecular complexity index is 572. The molecule has 0 unspecified atom stereocenters. The van der Waals surface area contributed by atoms with Gasteiger partial charge >= 0.3 is 0 Å². The van der Waals surface area contributed by atoms with Gasteiger partial charge in [-0.05, 0) is 24.6 Å². The van der Waals surface area contributed by atoms with E-state index in [-0.39, 0.29) is 5.56 Å². The highest BCUT2D eigenvalue weighted by molar-refractivity contribution is 5.87. The maximum Gasteiger partial charge on any atom is 0.248 e. The van der Waals surface area contributed by atoms with Crippen LogP contribution in [0.25, 0.3) is 10.9 Å². The van der Waals surface area contributed by atoms with Crippen molar-refractivity contribution in [1.82, 2.24) is 4.98 Å². The first-order valence-corrected chi connectivity index (χ1v) is 4.54. The molecule has 2 rings (SSSR count). The minimum Gasteiger partial charge on any atom is -0.329 e. The Hall–Kier alpha value is -2.10. The van der Waals surface area contributed by atoms with Crippen molar-refractivity contribution in [3.63, 3.8) is 0 Å². The minimum absolute atomic E-state index is 0.136. The maximum absolute atomic E-state index is 11.2. The number of carbonyl (C=O) groups is 1. The zero-order valence-electron chi connectivity index (χ0n) is 8.20. The van der Waals surface area contributed by atoms with E-state index in [1.807, 2.05) is 13.0 Å². The average molecular weight is 202 g/mol. The molecule has 1 heterocycles. The number of hydrogen-bond donors (Lipinski definition) is 2. The number of aromatic amines is 1. The van der Waals surface area contributed by atoms with Gasteiger partial charge in [-0.2, -0.15) is 0 Å². The summed E-state index contributed by atoms with van der Waals surface area (Å²) in [5, 5.41) is 3.51. The molecule has 4 nitrogen and oxygen atoms in total. The average Bonchev–Trinajstić information content (AvgIpc) is 2.17. The Morgan fingerprint density at radius 2 is 2.13 bits per heavy atom. The molecule has 4 heteroatoms. The Kier molecular flexibility index (Phi) is 2.25. The third-order valence-corrected chi connectivity index (χ3v) is 2.28. The maximum atomic E-state index is 11.2. The van der Waals surface area contributed by atoms with Crippen molar-refractivity contribution in [1.29, 1.82) is 0 Å². The third-order valence-electron chi connectivity index (χ3n) is 2.28. The summed E-state index contributed by atoms with van der Waals surface area (Å²) in [5.74, 6) is 0. The molecule has 0 saturated heterocycles. The molecule has 1 aromatic heterocycles. The number of fused-ring (bicyclic) bond motifs is 1. The zero-order valence-corrected chi connectivity index (χ0v) is 8.20. The van der Waals surface area contributed by atoms with Gasteiger partial charge in [0, 0.05) is 17.1 Å². The molecule has 0 aliphatic carbocycles. The van der Waals surface area contributed by atoms with Crippen molar-refractivity contribution in [3.05, 3.63) is 40.2 Å². The topological polar surface area (TPSA) is 62.0 Å². The second kappa shape index (κ2) is 3.57. The molecule has 0 aliphatic rings. The highest BCUT2D eigenvalue weighted by Gasteiger charge is 2.00. The van der Waals surface area contributed by atoms with Gasteiger partial charge in [-0.15, -0.1) is 0 Å². The van der Waals surface area contributed by atoms with Crippen LogP contribution in [0.15, 0.2) is 29.1 Å². The fourth-order valence-corrected chi connectivity index (χ4v) is 1.59. The summed E-state index contributed by atoms with van der Waals surface area (Å²) in [4.78, 5) is 24.2. The molecule has 0 fully saturated rings. The number of nitrogens with one attached hydrogen (secondary N) is 2. The largest absolute Gasteiger partial charge is 0.329 e. The number of aryl methyl sites for hydroxylation is 1. The van der Waals surface area contributed by atoms with Crippen molar-refractivity contribution in [2.24, 2.45) is 0 Å². The number of aromatic nitrogens is 1. The second-order valence-electron chi connectivity index (χ2n) is 3.34. The first-order valence-electron chi connectivity index (χ1n) is 4.54. The van der Waals surface area contributed by atoms with E-state index in [0.717, 1.165) is 16.5 Å². The standard InChI is InChI=1S/C11H10N2O2/c1-7-4-11(15)13-10-5-8(12-6-14)2-3-9(7)10/h2-6H,1H3,(H,12,14)(H,13,15). The van der Waals surface area contributed by atoms with Gasteiger partial charge in [-0.3, -0.25) is 9.59 Å². The van der Waals surface area contributed by atoms with E-state index < -0.39 is 0 Å². The molecule has 0 spiro atoms. The van der Waals surface area contributed by atoms with Crippen LogP contribution >= 0.6 is 0 Å². The Balaban J connectivity index is 2.70. The monoisotopic (exact) mass is 202 g/mol. The Morgan fingerprint density at radius 3 is 2.87 bits per heavy atom. The van der Waals surface area contributed by atoms with Gasteiger partial charge in [-0.25, -0.2) is 0 Å². The van der Waals surface area contributed by atoms with Gasteiger partial charge in [0.15, 0.2) is 0 Å². The van der Waals surface area contributed by atoms with E-state index in [1.54, 1.807) is 18.2 Å². The van der Waals surface area contributed by atoms with E-state index in [0.29, 0.717) is 12.1 Å². The second-order valence-corrected chi connectivity index (χ2v) is 3.34. The molecule has 1 aromatic carbocycles. The van der Waals surface area contributed by atoms with Crippen molar-refractivity contribution in [2.45, 2.75) is 6.92 Å². The van der Waals surface area contributed by atoms with Crippen LogP contribution < -0.4 is 10.9 Å². The first kappa shape index (κ1) is 9.45. The van der Waals surface area contributed by atoms with Gasteiger partial charge in [0.1, 0.15) is 0 Å². The molecule has 0 aliphatic heterocycles. The number of hydrogen-bond acceptors (Lipinski definition) is 2. The van der Waals surface area contributed by atoms with Crippen LogP contribution in [0.5, 0.6) is 0 Å². The first-order chi connectivity index (χ1) is 7.20. The minimum atomic E-state index is -0.136. The fourth-order valence-electron chi connectivity index (χ4n) is 1.59. The van der Waals surface area contributed by atoms with Gasteiger partial charge in [0.05, 0.1) is 5.52 Å². The number of rotatable bonds is 2. The van der Waals surface area contributed by atoms with Crippen molar-refractivity contribution < 1.29 is 4.79 Å². The lowest BCUT2D eigenvalue weighted by Crippen LogP contribution is -2.05. The highest BCUT2D eigenvalue weighted by atomic mass is 16.1. The van der Waals surface area contributed by atoms with Crippen LogP contribution in [0.2, 0.25) is 0 Å². The number of amides is 1. The smallest absolute Gasteiger partial charge is 0.248 e. The van der Waals surface area contributed by atoms with Gasteiger partial charge in [0.2, 0.25) is 12.0 Å². The van der Waals surface area contributed by atoms with Crippen LogP contribution in [0.1, 0.15) is 5.56 Å². The normalized spacial score (nSPS) is 10.2. The summed E-state index contributed by atoms with van der Waals surface area (Å²) >= 11 is 0. The molecule has 0 radical (unpaired) electrons. The van der Waals surface area contributed by atoms with Gasteiger partial charge < -0.3 is 10.3 Å². The predicted octanol–water partition coefficient (Wildman–Crippen LogP) is 1.40. The summed E-state index contributed by atoms with van der Waals surface area (Å²) in [5.41, 5.74) is 2.18. The van der Waals surface area contributed by atoms with E-state index >= 15 is 0 Å².